The molecule has 0 spiro atoms. The lowest BCUT2D eigenvalue weighted by molar-refractivity contribution is -0.0115. The molecule has 0 aliphatic carbocycles. The summed E-state index contributed by atoms with van der Waals surface area (Å²) in [6, 6.07) is 9.05. The van der Waals surface area contributed by atoms with Gasteiger partial charge >= 0.3 is 6.03 Å². The number of nitrogens with zero attached hydrogens (tertiary/aromatic N) is 2. The first kappa shape index (κ1) is 34.1. The minimum atomic E-state index is -3.60. The van der Waals surface area contributed by atoms with Gasteiger partial charge in [-0.1, -0.05) is 6.92 Å². The number of nitrogens with one attached hydrogen (secondary N) is 2. The van der Waals surface area contributed by atoms with Crippen molar-refractivity contribution >= 4 is 33.3 Å². The first-order chi connectivity index (χ1) is 20.3. The smallest absolute Gasteiger partial charge is 0.321 e. The van der Waals surface area contributed by atoms with E-state index < -0.39 is 39.9 Å². The van der Waals surface area contributed by atoms with Gasteiger partial charge in [-0.2, -0.15) is 0 Å². The SMILES string of the molecule is C[C@@H]1CCCCO[C@@H](CN(C)C(=O)Nc2ccc(F)cc2)[C@H](C)CN([C@@H](C)CO)C(=O)c2cc(NS(C)(=O)=O)ccc2O1. The molecule has 0 saturated heterocycles. The number of aliphatic hydroxyl groups is 1. The molecule has 1 aliphatic heterocycles. The van der Waals surface area contributed by atoms with E-state index >= 15 is 0 Å². The molecule has 3 amide bonds. The number of amides is 3. The summed E-state index contributed by atoms with van der Waals surface area (Å²) in [6.07, 6.45) is 2.58. The quantitative estimate of drug-likeness (QED) is 0.422. The summed E-state index contributed by atoms with van der Waals surface area (Å²) in [6.45, 7) is 6.05. The van der Waals surface area contributed by atoms with Crippen LogP contribution in [0.5, 0.6) is 5.75 Å². The zero-order valence-electron chi connectivity index (χ0n) is 25.4. The number of carbonyl (C=O) groups is 2. The van der Waals surface area contributed by atoms with Crippen LogP contribution < -0.4 is 14.8 Å². The number of benzene rings is 2. The van der Waals surface area contributed by atoms with Gasteiger partial charge in [-0.15, -0.1) is 0 Å². The van der Waals surface area contributed by atoms with Gasteiger partial charge in [0.1, 0.15) is 11.6 Å². The van der Waals surface area contributed by atoms with Crippen molar-refractivity contribution in [3.63, 3.8) is 0 Å². The molecule has 1 aliphatic rings. The molecule has 43 heavy (non-hydrogen) atoms. The van der Waals surface area contributed by atoms with E-state index in [0.717, 1.165) is 19.1 Å². The Kier molecular flexibility index (Phi) is 12.2. The van der Waals surface area contributed by atoms with Gasteiger partial charge in [-0.05, 0) is 75.6 Å². The highest BCUT2D eigenvalue weighted by molar-refractivity contribution is 7.92. The average Bonchev–Trinajstić information content (AvgIpc) is 2.94. The predicted octanol–water partition coefficient (Wildman–Crippen LogP) is 4.16. The molecule has 0 radical (unpaired) electrons. The maximum atomic E-state index is 14.1. The highest BCUT2D eigenvalue weighted by atomic mass is 32.2. The lowest BCUT2D eigenvalue weighted by atomic mass is 10.0. The second kappa shape index (κ2) is 15.3. The van der Waals surface area contributed by atoms with E-state index in [0.29, 0.717) is 24.5 Å². The first-order valence-electron chi connectivity index (χ1n) is 14.4. The largest absolute Gasteiger partial charge is 0.490 e. The van der Waals surface area contributed by atoms with Crippen LogP contribution in [-0.4, -0.2) is 93.1 Å². The summed E-state index contributed by atoms with van der Waals surface area (Å²) in [5.41, 5.74) is 0.830. The second-order valence-electron chi connectivity index (χ2n) is 11.2. The Bertz CT molecular complexity index is 1340. The minimum absolute atomic E-state index is 0.165. The average molecular weight is 623 g/mol. The molecule has 0 bridgehead atoms. The Labute approximate surface area is 253 Å². The minimum Gasteiger partial charge on any atom is -0.490 e. The highest BCUT2D eigenvalue weighted by Crippen LogP contribution is 2.29. The monoisotopic (exact) mass is 622 g/mol. The molecule has 13 heteroatoms. The van der Waals surface area contributed by atoms with E-state index in [1.807, 2.05) is 13.8 Å². The lowest BCUT2D eigenvalue weighted by Gasteiger charge is -2.35. The van der Waals surface area contributed by atoms with Crippen molar-refractivity contribution in [3.8, 4) is 5.75 Å². The number of fused-ring (bicyclic) bond motifs is 1. The van der Waals surface area contributed by atoms with Crippen molar-refractivity contribution in [1.29, 1.82) is 0 Å². The van der Waals surface area contributed by atoms with Gasteiger partial charge in [0.15, 0.2) is 0 Å². The van der Waals surface area contributed by atoms with Crippen LogP contribution in [-0.2, 0) is 14.8 Å². The summed E-state index contributed by atoms with van der Waals surface area (Å²) < 4.78 is 51.9. The molecule has 0 aromatic heterocycles. The normalized spacial score (nSPS) is 21.1. The molecule has 2 aromatic carbocycles. The Morgan fingerprint density at radius 1 is 1.16 bits per heavy atom. The number of ether oxygens (including phenoxy) is 2. The Morgan fingerprint density at radius 2 is 1.84 bits per heavy atom. The molecule has 11 nitrogen and oxygen atoms in total. The summed E-state index contributed by atoms with van der Waals surface area (Å²) >= 11 is 0. The van der Waals surface area contributed by atoms with Gasteiger partial charge in [0.25, 0.3) is 5.91 Å². The van der Waals surface area contributed by atoms with Crippen molar-refractivity contribution in [2.45, 2.75) is 58.3 Å². The number of halogens is 1. The van der Waals surface area contributed by atoms with Crippen LogP contribution in [0.15, 0.2) is 42.5 Å². The lowest BCUT2D eigenvalue weighted by Crippen LogP contribution is -2.48. The number of hydrogen-bond acceptors (Lipinski definition) is 7. The number of anilines is 2. The topological polar surface area (TPSA) is 138 Å². The number of hydrogen-bond donors (Lipinski definition) is 3. The number of sulfonamides is 1. The zero-order chi connectivity index (χ0) is 31.7. The first-order valence-corrected chi connectivity index (χ1v) is 16.3. The third-order valence-corrected chi connectivity index (χ3v) is 7.86. The van der Waals surface area contributed by atoms with Gasteiger partial charge in [0.05, 0.1) is 36.7 Å². The molecule has 3 rings (SSSR count). The van der Waals surface area contributed by atoms with Crippen LogP contribution in [0.1, 0.15) is 50.4 Å². The van der Waals surface area contributed by atoms with Gasteiger partial charge in [-0.3, -0.25) is 9.52 Å². The standard InChI is InChI=1S/C30H43FN4O7S/c1-20-17-35(21(2)19-36)29(37)26-16-25(33-43(5,39)40)13-14-27(26)42-22(3)8-6-7-15-41-28(20)18-34(4)30(38)32-24-11-9-23(31)10-12-24/h9-14,16,20-22,28,33,36H,6-8,15,17-19H2,1-5H3,(H,32,38)/t20-,21+,22-,28+/m1/s1. The fraction of sp³-hybridized carbons (Fsp3) is 0.533. The van der Waals surface area contributed by atoms with Gasteiger partial charge in [0.2, 0.25) is 10.0 Å². The maximum absolute atomic E-state index is 14.1. The van der Waals surface area contributed by atoms with Gasteiger partial charge < -0.3 is 29.7 Å². The third kappa shape index (κ3) is 10.4. The summed E-state index contributed by atoms with van der Waals surface area (Å²) in [4.78, 5) is 30.0. The highest BCUT2D eigenvalue weighted by Gasteiger charge is 2.31. The molecular weight excluding hydrogens is 579 g/mol. The van der Waals surface area contributed by atoms with Crippen LogP contribution in [0.2, 0.25) is 0 Å². The van der Waals surface area contributed by atoms with Crippen molar-refractivity contribution < 1.29 is 37.0 Å². The molecule has 1 heterocycles. The molecule has 2 aromatic rings. The number of carbonyl (C=O) groups excluding carboxylic acids is 2. The van der Waals surface area contributed by atoms with E-state index in [1.165, 1.54) is 40.1 Å². The summed E-state index contributed by atoms with van der Waals surface area (Å²) in [5.74, 6) is -0.800. The van der Waals surface area contributed by atoms with E-state index in [-0.39, 0.29) is 43.0 Å². The molecule has 0 fully saturated rings. The number of rotatable bonds is 7. The summed E-state index contributed by atoms with van der Waals surface area (Å²) in [5, 5.41) is 12.8. The van der Waals surface area contributed by atoms with Crippen LogP contribution in [0.25, 0.3) is 0 Å². The number of likely N-dealkylation sites (N-methyl/N-ethyl adjacent to an activating group) is 1. The Balaban J connectivity index is 1.90. The van der Waals surface area contributed by atoms with Crippen molar-refractivity contribution in [1.82, 2.24) is 9.80 Å². The van der Waals surface area contributed by atoms with Gasteiger partial charge in [-0.25, -0.2) is 17.6 Å². The fourth-order valence-electron chi connectivity index (χ4n) is 4.77. The molecule has 0 unspecified atom stereocenters. The van der Waals surface area contributed by atoms with E-state index in [9.17, 15) is 27.5 Å². The van der Waals surface area contributed by atoms with Crippen LogP contribution in [0.4, 0.5) is 20.6 Å². The van der Waals surface area contributed by atoms with E-state index in [2.05, 4.69) is 10.0 Å². The maximum Gasteiger partial charge on any atom is 0.321 e. The van der Waals surface area contributed by atoms with Crippen molar-refractivity contribution in [2.24, 2.45) is 5.92 Å². The number of aliphatic hydroxyl groups excluding tert-OH is 1. The van der Waals surface area contributed by atoms with Crippen molar-refractivity contribution in [3.05, 3.63) is 53.8 Å². The van der Waals surface area contributed by atoms with Gasteiger partial charge in [0, 0.05) is 44.0 Å². The molecule has 0 saturated carbocycles. The zero-order valence-corrected chi connectivity index (χ0v) is 26.2. The number of urea groups is 1. The van der Waals surface area contributed by atoms with Crippen molar-refractivity contribution in [2.75, 3.05) is 49.6 Å². The summed E-state index contributed by atoms with van der Waals surface area (Å²) in [7, 11) is -1.97. The van der Waals surface area contributed by atoms with Crippen LogP contribution in [0.3, 0.4) is 0 Å². The molecular formula is C30H43FN4O7S. The molecule has 238 valence electrons. The Hall–Kier alpha value is -3.42. The fourth-order valence-corrected chi connectivity index (χ4v) is 5.32. The Morgan fingerprint density at radius 3 is 2.49 bits per heavy atom. The van der Waals surface area contributed by atoms with Crippen LogP contribution in [0, 0.1) is 11.7 Å². The molecule has 3 N–H and O–H groups in total. The van der Waals surface area contributed by atoms with E-state index in [4.69, 9.17) is 9.47 Å². The second-order valence-corrected chi connectivity index (χ2v) is 13.0. The van der Waals surface area contributed by atoms with E-state index in [1.54, 1.807) is 26.1 Å². The molecule has 4 atom stereocenters. The predicted molar refractivity (Wildman–Crippen MR) is 163 cm³/mol. The van der Waals surface area contributed by atoms with Crippen LogP contribution >= 0.6 is 0 Å². The third-order valence-electron chi connectivity index (χ3n) is 7.25.